The molecule has 7 heteroatoms. The van der Waals surface area contributed by atoms with Crippen molar-refractivity contribution in [2.24, 2.45) is 0 Å². The highest BCUT2D eigenvalue weighted by Crippen LogP contribution is 2.11. The van der Waals surface area contributed by atoms with E-state index in [2.05, 4.69) is 10.1 Å². The summed E-state index contributed by atoms with van der Waals surface area (Å²) in [6.45, 7) is 1.59. The zero-order valence-corrected chi connectivity index (χ0v) is 16.5. The Morgan fingerprint density at radius 2 is 1.92 bits per heavy atom. The highest BCUT2D eigenvalue weighted by Gasteiger charge is 2.23. The molecular formula is C19H26N2O4S. The molecule has 1 unspecified atom stereocenters. The molecule has 1 aromatic carbocycles. The normalized spacial score (nSPS) is 11.4. The summed E-state index contributed by atoms with van der Waals surface area (Å²) in [6.07, 6.45) is 2.94. The van der Waals surface area contributed by atoms with Crippen molar-refractivity contribution < 1.29 is 19.1 Å². The van der Waals surface area contributed by atoms with Gasteiger partial charge in [0.2, 0.25) is 5.91 Å². The lowest BCUT2D eigenvalue weighted by atomic mass is 10.0. The fourth-order valence-corrected chi connectivity index (χ4v) is 2.51. The van der Waals surface area contributed by atoms with E-state index in [4.69, 9.17) is 12.2 Å². The van der Waals surface area contributed by atoms with Crippen LogP contribution in [0, 0.1) is 0 Å². The van der Waals surface area contributed by atoms with Crippen molar-refractivity contribution in [2.45, 2.75) is 38.6 Å². The molecule has 1 rings (SSSR count). The average molecular weight is 378 g/mol. The van der Waals surface area contributed by atoms with E-state index in [1.807, 2.05) is 6.07 Å². The highest BCUT2D eigenvalue weighted by atomic mass is 32.1. The van der Waals surface area contributed by atoms with Gasteiger partial charge < -0.3 is 15.0 Å². The van der Waals surface area contributed by atoms with Gasteiger partial charge in [-0.05, 0) is 43.9 Å². The Morgan fingerprint density at radius 3 is 2.50 bits per heavy atom. The molecule has 0 radical (unpaired) electrons. The number of hydrogen-bond donors (Lipinski definition) is 1. The van der Waals surface area contributed by atoms with E-state index >= 15 is 0 Å². The number of hydrogen-bond acceptors (Lipinski definition) is 5. The molecule has 0 spiro atoms. The number of benzene rings is 1. The molecule has 0 aliphatic carbocycles. The van der Waals surface area contributed by atoms with Gasteiger partial charge in [-0.25, -0.2) is 4.79 Å². The minimum absolute atomic E-state index is 0.113. The molecule has 0 saturated heterocycles. The number of unbranched alkanes of at least 4 members (excludes halogenated alkanes) is 1. The van der Waals surface area contributed by atoms with Gasteiger partial charge in [-0.3, -0.25) is 9.59 Å². The van der Waals surface area contributed by atoms with Crippen LogP contribution in [0.15, 0.2) is 24.3 Å². The number of nitrogens with one attached hydrogen (secondary N) is 1. The highest BCUT2D eigenvalue weighted by molar-refractivity contribution is 7.80. The van der Waals surface area contributed by atoms with Crippen LogP contribution in [0.5, 0.6) is 0 Å². The number of esters is 1. The van der Waals surface area contributed by atoms with E-state index in [9.17, 15) is 14.4 Å². The molecule has 0 aliphatic rings. The second kappa shape index (κ2) is 10.7. The number of methoxy groups -OCH3 is 1. The Labute approximate surface area is 159 Å². The number of thiocarbonyl (C=S) groups is 1. The van der Waals surface area contributed by atoms with Gasteiger partial charge in [0.05, 0.1) is 7.11 Å². The van der Waals surface area contributed by atoms with Crippen LogP contribution in [0.2, 0.25) is 0 Å². The SMILES string of the molecule is COC(=O)C(NC(=O)c1cccc(CCCCC(=O)N(C)C)c1)C(C)=S. The standard InChI is InChI=1S/C19H26N2O4S/c1-13(26)17(19(24)25-4)20-18(23)15-10-7-9-14(12-15)8-5-6-11-16(22)21(2)3/h7,9-10,12,17H,5-6,8,11H2,1-4H3,(H,20,23). The topological polar surface area (TPSA) is 75.7 Å². The second-order valence-electron chi connectivity index (χ2n) is 6.24. The van der Waals surface area contributed by atoms with E-state index in [1.165, 1.54) is 7.11 Å². The lowest BCUT2D eigenvalue weighted by Gasteiger charge is -2.15. The summed E-state index contributed by atoms with van der Waals surface area (Å²) in [5.41, 5.74) is 1.46. The lowest BCUT2D eigenvalue weighted by Crippen LogP contribution is -2.45. The smallest absolute Gasteiger partial charge is 0.333 e. The molecule has 1 aromatic rings. The third-order valence-electron chi connectivity index (χ3n) is 3.91. The van der Waals surface area contributed by atoms with Gasteiger partial charge in [0.25, 0.3) is 5.91 Å². The van der Waals surface area contributed by atoms with E-state index in [1.54, 1.807) is 44.1 Å². The van der Waals surface area contributed by atoms with Crippen molar-refractivity contribution in [3.63, 3.8) is 0 Å². The Balaban J connectivity index is 2.65. The number of carbonyl (C=O) groups is 3. The first-order valence-electron chi connectivity index (χ1n) is 8.44. The van der Waals surface area contributed by atoms with Crippen molar-refractivity contribution in [3.8, 4) is 0 Å². The second-order valence-corrected chi connectivity index (χ2v) is 6.88. The molecule has 0 saturated carbocycles. The molecule has 1 N–H and O–H groups in total. The molecule has 26 heavy (non-hydrogen) atoms. The van der Waals surface area contributed by atoms with Crippen LogP contribution in [0.25, 0.3) is 0 Å². The molecule has 6 nitrogen and oxygen atoms in total. The molecular weight excluding hydrogens is 352 g/mol. The van der Waals surface area contributed by atoms with Crippen LogP contribution in [0.4, 0.5) is 0 Å². The predicted molar refractivity (Wildman–Crippen MR) is 104 cm³/mol. The monoisotopic (exact) mass is 378 g/mol. The van der Waals surface area contributed by atoms with Crippen LogP contribution in [-0.4, -0.2) is 54.8 Å². The zero-order valence-electron chi connectivity index (χ0n) is 15.7. The first-order valence-corrected chi connectivity index (χ1v) is 8.85. The fraction of sp³-hybridized carbons (Fsp3) is 0.474. The summed E-state index contributed by atoms with van der Waals surface area (Å²) < 4.78 is 4.66. The quantitative estimate of drug-likeness (QED) is 0.405. The fourth-order valence-electron chi connectivity index (χ4n) is 2.36. The molecule has 0 aromatic heterocycles. The third kappa shape index (κ3) is 6.92. The average Bonchev–Trinajstić information content (AvgIpc) is 2.62. The van der Waals surface area contributed by atoms with Gasteiger partial charge in [0.15, 0.2) is 6.04 Å². The predicted octanol–water partition coefficient (Wildman–Crippen LogP) is 2.15. The number of nitrogens with zero attached hydrogens (tertiary/aromatic N) is 1. The van der Waals surface area contributed by atoms with Crippen molar-refractivity contribution in [2.75, 3.05) is 21.2 Å². The maximum absolute atomic E-state index is 12.4. The van der Waals surface area contributed by atoms with Gasteiger partial charge in [0.1, 0.15) is 0 Å². The van der Waals surface area contributed by atoms with Crippen LogP contribution in [0.1, 0.15) is 42.1 Å². The van der Waals surface area contributed by atoms with E-state index in [-0.39, 0.29) is 11.8 Å². The molecule has 0 heterocycles. The zero-order chi connectivity index (χ0) is 19.7. The van der Waals surface area contributed by atoms with Gasteiger partial charge in [-0.15, -0.1) is 0 Å². The molecule has 1 atom stereocenters. The summed E-state index contributed by atoms with van der Waals surface area (Å²) in [7, 11) is 4.74. The minimum Gasteiger partial charge on any atom is -0.467 e. The third-order valence-corrected chi connectivity index (χ3v) is 4.15. The Hall–Kier alpha value is -2.28. The van der Waals surface area contributed by atoms with E-state index < -0.39 is 12.0 Å². The summed E-state index contributed by atoms with van der Waals surface area (Å²) in [5.74, 6) is -0.857. The van der Waals surface area contributed by atoms with Crippen LogP contribution in [0.3, 0.4) is 0 Å². The van der Waals surface area contributed by atoms with Crippen molar-refractivity contribution in [1.29, 1.82) is 0 Å². The first kappa shape index (κ1) is 21.8. The van der Waals surface area contributed by atoms with Crippen LogP contribution >= 0.6 is 12.2 Å². The lowest BCUT2D eigenvalue weighted by molar-refractivity contribution is -0.141. The first-order chi connectivity index (χ1) is 12.3. The summed E-state index contributed by atoms with van der Waals surface area (Å²) in [4.78, 5) is 37.6. The molecule has 2 amide bonds. The number of carbonyl (C=O) groups excluding carboxylic acids is 3. The van der Waals surface area contributed by atoms with Gasteiger partial charge in [0, 0.05) is 30.9 Å². The van der Waals surface area contributed by atoms with E-state index in [0.717, 1.165) is 24.8 Å². The van der Waals surface area contributed by atoms with E-state index in [0.29, 0.717) is 16.8 Å². The number of amides is 2. The minimum atomic E-state index is -0.941. The van der Waals surface area contributed by atoms with Crippen molar-refractivity contribution in [3.05, 3.63) is 35.4 Å². The van der Waals surface area contributed by atoms with Gasteiger partial charge in [-0.1, -0.05) is 24.4 Å². The van der Waals surface area contributed by atoms with Gasteiger partial charge in [-0.2, -0.15) is 0 Å². The summed E-state index contributed by atoms with van der Waals surface area (Å²) in [5, 5.41) is 2.60. The maximum Gasteiger partial charge on any atom is 0.333 e. The molecule has 0 bridgehead atoms. The summed E-state index contributed by atoms with van der Waals surface area (Å²) >= 11 is 5.02. The Kier molecular flexibility index (Phi) is 8.92. The van der Waals surface area contributed by atoms with Crippen molar-refractivity contribution in [1.82, 2.24) is 10.2 Å². The van der Waals surface area contributed by atoms with Crippen LogP contribution in [-0.2, 0) is 20.7 Å². The van der Waals surface area contributed by atoms with Crippen molar-refractivity contribution >= 4 is 34.9 Å². The van der Waals surface area contributed by atoms with Gasteiger partial charge >= 0.3 is 5.97 Å². The molecule has 0 aliphatic heterocycles. The number of aryl methyl sites for hydroxylation is 1. The summed E-state index contributed by atoms with van der Waals surface area (Å²) in [6, 6.07) is 6.26. The number of rotatable bonds is 9. The van der Waals surface area contributed by atoms with Crippen LogP contribution < -0.4 is 5.32 Å². The Bertz CT molecular complexity index is 673. The Morgan fingerprint density at radius 1 is 1.23 bits per heavy atom. The molecule has 142 valence electrons. The maximum atomic E-state index is 12.4. The largest absolute Gasteiger partial charge is 0.467 e. The number of ether oxygens (including phenoxy) is 1. The molecule has 0 fully saturated rings.